The molecule has 2 N–H and O–H groups in total. The monoisotopic (exact) mass is 284 g/mol. The van der Waals surface area contributed by atoms with E-state index in [0.29, 0.717) is 37.0 Å². The minimum Gasteiger partial charge on any atom is -0.391 e. The number of carbonyl (C=O) groups excluding carboxylic acids is 1. The average molecular weight is 284 g/mol. The van der Waals surface area contributed by atoms with Gasteiger partial charge in [0.05, 0.1) is 18.8 Å². The predicted molar refractivity (Wildman–Crippen MR) is 69.0 cm³/mol. The van der Waals surface area contributed by atoms with Gasteiger partial charge in [-0.05, 0) is 13.3 Å². The summed E-state index contributed by atoms with van der Waals surface area (Å²) < 4.78 is 15.5. The fourth-order valence-corrected chi connectivity index (χ4v) is 2.06. The van der Waals surface area contributed by atoms with E-state index in [-0.39, 0.29) is 24.8 Å². The predicted octanol–water partition coefficient (Wildman–Crippen LogP) is 0.470. The van der Waals surface area contributed by atoms with Crippen molar-refractivity contribution in [2.45, 2.75) is 26.6 Å². The molecule has 1 aromatic rings. The van der Waals surface area contributed by atoms with Gasteiger partial charge in [0.2, 0.25) is 0 Å². The van der Waals surface area contributed by atoms with Crippen LogP contribution in [0.3, 0.4) is 0 Å². The van der Waals surface area contributed by atoms with Gasteiger partial charge in [0.15, 0.2) is 11.5 Å². The number of nitrogens with zero attached hydrogens (tertiary/aromatic N) is 1. The summed E-state index contributed by atoms with van der Waals surface area (Å²) in [6.07, 6.45) is 0.946. The molecular weight excluding hydrogens is 264 g/mol. The summed E-state index contributed by atoms with van der Waals surface area (Å²) in [5.74, 6) is 0.391. The molecule has 0 aliphatic carbocycles. The molecule has 7 heteroatoms. The standard InChI is InChI=1S/C13H20N2O5/c1-2-18-8-11-10(6-16)12(15-20-11)13(17)14-5-9-3-4-19-7-9/h9,16H,2-8H2,1H3,(H,14,17). The Balaban J connectivity index is 1.95. The maximum Gasteiger partial charge on any atom is 0.273 e. The summed E-state index contributed by atoms with van der Waals surface area (Å²) >= 11 is 0. The van der Waals surface area contributed by atoms with Crippen LogP contribution < -0.4 is 5.32 Å². The lowest BCUT2D eigenvalue weighted by atomic mass is 10.1. The van der Waals surface area contributed by atoms with Crippen LogP contribution in [0.5, 0.6) is 0 Å². The van der Waals surface area contributed by atoms with E-state index >= 15 is 0 Å². The molecule has 20 heavy (non-hydrogen) atoms. The average Bonchev–Trinajstić information content (AvgIpc) is 3.11. The second-order valence-corrected chi connectivity index (χ2v) is 4.67. The number of aliphatic hydroxyl groups is 1. The van der Waals surface area contributed by atoms with Gasteiger partial charge < -0.3 is 24.4 Å². The molecule has 0 radical (unpaired) electrons. The number of amides is 1. The Labute approximate surface area is 117 Å². The Morgan fingerprint density at radius 1 is 1.60 bits per heavy atom. The Morgan fingerprint density at radius 3 is 3.10 bits per heavy atom. The van der Waals surface area contributed by atoms with Crippen LogP contribution in [0.1, 0.15) is 35.2 Å². The second-order valence-electron chi connectivity index (χ2n) is 4.67. The molecule has 1 aliphatic heterocycles. The van der Waals surface area contributed by atoms with Gasteiger partial charge in [0.1, 0.15) is 6.61 Å². The fourth-order valence-electron chi connectivity index (χ4n) is 2.06. The van der Waals surface area contributed by atoms with Crippen LogP contribution in [0, 0.1) is 5.92 Å². The molecular formula is C13H20N2O5. The molecule has 1 atom stereocenters. The summed E-state index contributed by atoms with van der Waals surface area (Å²) in [5.41, 5.74) is 0.514. The van der Waals surface area contributed by atoms with Crippen LogP contribution in [0.25, 0.3) is 0 Å². The topological polar surface area (TPSA) is 93.8 Å². The molecule has 2 rings (SSSR count). The molecule has 0 saturated carbocycles. The van der Waals surface area contributed by atoms with Crippen molar-refractivity contribution in [3.63, 3.8) is 0 Å². The third kappa shape index (κ3) is 3.56. The molecule has 2 heterocycles. The summed E-state index contributed by atoms with van der Waals surface area (Å²) in [4.78, 5) is 12.0. The Morgan fingerprint density at radius 2 is 2.45 bits per heavy atom. The van der Waals surface area contributed by atoms with Crippen LogP contribution >= 0.6 is 0 Å². The van der Waals surface area contributed by atoms with Crippen molar-refractivity contribution < 1.29 is 23.9 Å². The van der Waals surface area contributed by atoms with Crippen molar-refractivity contribution >= 4 is 5.91 Å². The second kappa shape index (κ2) is 7.37. The molecule has 7 nitrogen and oxygen atoms in total. The normalized spacial score (nSPS) is 18.4. The lowest BCUT2D eigenvalue weighted by Crippen LogP contribution is -2.30. The number of hydrogen-bond acceptors (Lipinski definition) is 6. The van der Waals surface area contributed by atoms with E-state index in [1.165, 1.54) is 0 Å². The highest BCUT2D eigenvalue weighted by Crippen LogP contribution is 2.16. The first kappa shape index (κ1) is 15.0. The van der Waals surface area contributed by atoms with E-state index < -0.39 is 0 Å². The number of ether oxygens (including phenoxy) is 2. The lowest BCUT2D eigenvalue weighted by Gasteiger charge is -2.08. The van der Waals surface area contributed by atoms with Crippen LogP contribution in [0.4, 0.5) is 0 Å². The Bertz CT molecular complexity index is 440. The van der Waals surface area contributed by atoms with E-state index in [0.717, 1.165) is 13.0 Å². The van der Waals surface area contributed by atoms with Crippen molar-refractivity contribution in [3.8, 4) is 0 Å². The zero-order valence-electron chi connectivity index (χ0n) is 11.6. The number of rotatable bonds is 7. The smallest absolute Gasteiger partial charge is 0.273 e. The summed E-state index contributed by atoms with van der Waals surface area (Å²) in [7, 11) is 0. The van der Waals surface area contributed by atoms with Crippen LogP contribution in [0.15, 0.2) is 4.52 Å². The highest BCUT2D eigenvalue weighted by Gasteiger charge is 2.23. The number of nitrogens with one attached hydrogen (secondary N) is 1. The maximum absolute atomic E-state index is 12.0. The quantitative estimate of drug-likeness (QED) is 0.756. The van der Waals surface area contributed by atoms with Crippen molar-refractivity contribution in [1.29, 1.82) is 0 Å². The van der Waals surface area contributed by atoms with E-state index in [2.05, 4.69) is 10.5 Å². The molecule has 112 valence electrons. The van der Waals surface area contributed by atoms with Crippen LogP contribution in [-0.4, -0.2) is 42.5 Å². The Kier molecular flexibility index (Phi) is 5.51. The maximum atomic E-state index is 12.0. The van der Waals surface area contributed by atoms with Gasteiger partial charge in [-0.1, -0.05) is 5.16 Å². The number of aliphatic hydroxyl groups excluding tert-OH is 1. The first-order valence-electron chi connectivity index (χ1n) is 6.78. The van der Waals surface area contributed by atoms with Gasteiger partial charge >= 0.3 is 0 Å². The molecule has 0 bridgehead atoms. The largest absolute Gasteiger partial charge is 0.391 e. The molecule has 0 aromatic carbocycles. The first-order chi connectivity index (χ1) is 9.76. The minimum absolute atomic E-state index is 0.126. The summed E-state index contributed by atoms with van der Waals surface area (Å²) in [6.45, 7) is 4.22. The summed E-state index contributed by atoms with van der Waals surface area (Å²) in [5, 5.41) is 15.9. The molecule has 1 fully saturated rings. The molecule has 1 aromatic heterocycles. The van der Waals surface area contributed by atoms with E-state index in [1.54, 1.807) is 0 Å². The number of aromatic nitrogens is 1. The number of hydrogen-bond donors (Lipinski definition) is 2. The molecule has 1 amide bonds. The molecule has 1 unspecified atom stereocenters. The van der Waals surface area contributed by atoms with Gasteiger partial charge in [-0.25, -0.2) is 0 Å². The van der Waals surface area contributed by atoms with E-state index in [9.17, 15) is 9.90 Å². The molecule has 1 saturated heterocycles. The third-order valence-corrected chi connectivity index (χ3v) is 3.26. The van der Waals surface area contributed by atoms with Gasteiger partial charge in [0, 0.05) is 25.7 Å². The van der Waals surface area contributed by atoms with Crippen molar-refractivity contribution in [2.75, 3.05) is 26.4 Å². The summed E-state index contributed by atoms with van der Waals surface area (Å²) in [6, 6.07) is 0. The van der Waals surface area contributed by atoms with E-state index in [4.69, 9.17) is 14.0 Å². The lowest BCUT2D eigenvalue weighted by molar-refractivity contribution is 0.0932. The zero-order chi connectivity index (χ0) is 14.4. The highest BCUT2D eigenvalue weighted by molar-refractivity contribution is 5.93. The van der Waals surface area contributed by atoms with Crippen molar-refractivity contribution in [2.24, 2.45) is 5.92 Å². The zero-order valence-corrected chi connectivity index (χ0v) is 11.6. The van der Waals surface area contributed by atoms with Gasteiger partial charge in [-0.15, -0.1) is 0 Å². The van der Waals surface area contributed by atoms with Gasteiger partial charge in [0.25, 0.3) is 5.91 Å². The molecule has 0 spiro atoms. The minimum atomic E-state index is -0.340. The Hall–Kier alpha value is -1.44. The van der Waals surface area contributed by atoms with E-state index in [1.807, 2.05) is 6.92 Å². The fraction of sp³-hybridized carbons (Fsp3) is 0.692. The SMILES string of the molecule is CCOCc1onc(C(=O)NCC2CCOC2)c1CO. The molecule has 1 aliphatic rings. The number of carbonyl (C=O) groups is 1. The van der Waals surface area contributed by atoms with Crippen molar-refractivity contribution in [1.82, 2.24) is 10.5 Å². The third-order valence-electron chi connectivity index (χ3n) is 3.26. The van der Waals surface area contributed by atoms with Crippen LogP contribution in [0.2, 0.25) is 0 Å². The van der Waals surface area contributed by atoms with Gasteiger partial charge in [-0.2, -0.15) is 0 Å². The van der Waals surface area contributed by atoms with Crippen molar-refractivity contribution in [3.05, 3.63) is 17.0 Å². The van der Waals surface area contributed by atoms with Gasteiger partial charge in [-0.3, -0.25) is 4.79 Å². The first-order valence-corrected chi connectivity index (χ1v) is 6.78. The van der Waals surface area contributed by atoms with Crippen LogP contribution in [-0.2, 0) is 22.7 Å². The highest BCUT2D eigenvalue weighted by atomic mass is 16.5.